The van der Waals surface area contributed by atoms with Crippen molar-refractivity contribution in [3.8, 4) is 5.75 Å². The lowest BCUT2D eigenvalue weighted by molar-refractivity contribution is 0.226. The van der Waals surface area contributed by atoms with Gasteiger partial charge in [-0.3, -0.25) is 0 Å². The Balaban J connectivity index is 1.92. The number of ether oxygens (including phenoxy) is 1. The third-order valence-electron chi connectivity index (χ3n) is 3.80. The van der Waals surface area contributed by atoms with Gasteiger partial charge in [-0.05, 0) is 57.6 Å². The van der Waals surface area contributed by atoms with Gasteiger partial charge < -0.3 is 15.0 Å². The number of hydrogen-bond donors (Lipinski definition) is 1. The minimum Gasteiger partial charge on any atom is -0.497 e. The minimum absolute atomic E-state index is 0.383. The third-order valence-corrected chi connectivity index (χ3v) is 3.80. The van der Waals surface area contributed by atoms with Crippen molar-refractivity contribution in [1.29, 1.82) is 0 Å². The van der Waals surface area contributed by atoms with E-state index in [-0.39, 0.29) is 0 Å². The van der Waals surface area contributed by atoms with Crippen molar-refractivity contribution in [3.05, 3.63) is 29.8 Å². The van der Waals surface area contributed by atoms with Crippen molar-refractivity contribution in [2.45, 2.75) is 31.8 Å². The topological polar surface area (TPSA) is 24.5 Å². The Morgan fingerprint density at radius 3 is 2.72 bits per heavy atom. The zero-order chi connectivity index (χ0) is 13.0. The van der Waals surface area contributed by atoms with E-state index in [4.69, 9.17) is 4.74 Å². The molecule has 1 aromatic carbocycles. The molecule has 0 amide bonds. The summed E-state index contributed by atoms with van der Waals surface area (Å²) in [6, 6.07) is 9.35. The average Bonchev–Trinajstić information content (AvgIpc) is 2.41. The summed E-state index contributed by atoms with van der Waals surface area (Å²) in [5, 5.41) is 3.72. The zero-order valence-electron chi connectivity index (χ0n) is 11.6. The Bertz CT molecular complexity index is 373. The summed E-state index contributed by atoms with van der Waals surface area (Å²) < 4.78 is 5.27. The first-order valence-electron chi connectivity index (χ1n) is 6.77. The van der Waals surface area contributed by atoms with Crippen molar-refractivity contribution >= 4 is 0 Å². The van der Waals surface area contributed by atoms with Crippen molar-refractivity contribution in [3.63, 3.8) is 0 Å². The fourth-order valence-corrected chi connectivity index (χ4v) is 2.54. The Morgan fingerprint density at radius 2 is 2.06 bits per heavy atom. The first-order valence-corrected chi connectivity index (χ1v) is 6.77. The van der Waals surface area contributed by atoms with Crippen LogP contribution in [-0.4, -0.2) is 38.2 Å². The highest BCUT2D eigenvalue weighted by molar-refractivity contribution is 5.30. The van der Waals surface area contributed by atoms with Gasteiger partial charge >= 0.3 is 0 Å². The average molecular weight is 248 g/mol. The van der Waals surface area contributed by atoms with Crippen LogP contribution in [0.3, 0.4) is 0 Å². The van der Waals surface area contributed by atoms with E-state index in [2.05, 4.69) is 42.4 Å². The molecular weight excluding hydrogens is 224 g/mol. The largest absolute Gasteiger partial charge is 0.497 e. The van der Waals surface area contributed by atoms with Crippen LogP contribution in [0.2, 0.25) is 0 Å². The lowest BCUT2D eigenvalue weighted by Crippen LogP contribution is -2.41. The maximum absolute atomic E-state index is 5.27. The smallest absolute Gasteiger partial charge is 0.119 e. The molecule has 0 bridgehead atoms. The number of nitrogens with zero attached hydrogens (tertiary/aromatic N) is 1. The molecule has 2 rings (SSSR count). The van der Waals surface area contributed by atoms with Crippen LogP contribution >= 0.6 is 0 Å². The van der Waals surface area contributed by atoms with Gasteiger partial charge in [-0.2, -0.15) is 0 Å². The number of benzene rings is 1. The maximum Gasteiger partial charge on any atom is 0.119 e. The van der Waals surface area contributed by atoms with E-state index in [0.717, 1.165) is 5.75 Å². The molecular formula is C15H24N2O. The Morgan fingerprint density at radius 1 is 1.33 bits per heavy atom. The van der Waals surface area contributed by atoms with Crippen molar-refractivity contribution in [2.75, 3.05) is 27.2 Å². The van der Waals surface area contributed by atoms with Gasteiger partial charge in [0.1, 0.15) is 5.75 Å². The maximum atomic E-state index is 5.27. The number of rotatable bonds is 4. The van der Waals surface area contributed by atoms with Crippen LogP contribution in [-0.2, 0) is 0 Å². The number of likely N-dealkylation sites (tertiary alicyclic amines) is 1. The summed E-state index contributed by atoms with van der Waals surface area (Å²) >= 11 is 0. The second-order valence-electron chi connectivity index (χ2n) is 5.24. The summed E-state index contributed by atoms with van der Waals surface area (Å²) in [4.78, 5) is 2.40. The van der Waals surface area contributed by atoms with Gasteiger partial charge in [0, 0.05) is 12.1 Å². The summed E-state index contributed by atoms with van der Waals surface area (Å²) in [6.07, 6.45) is 2.48. The van der Waals surface area contributed by atoms with Crippen molar-refractivity contribution in [1.82, 2.24) is 10.2 Å². The number of piperidine rings is 1. The molecule has 0 aromatic heterocycles. The minimum atomic E-state index is 0.383. The Kier molecular flexibility index (Phi) is 4.61. The van der Waals surface area contributed by atoms with Crippen molar-refractivity contribution < 1.29 is 4.74 Å². The summed E-state index contributed by atoms with van der Waals surface area (Å²) in [7, 11) is 3.91. The first kappa shape index (κ1) is 13.4. The highest BCUT2D eigenvalue weighted by Gasteiger charge is 2.18. The van der Waals surface area contributed by atoms with E-state index in [1.165, 1.54) is 31.5 Å². The van der Waals surface area contributed by atoms with Gasteiger partial charge in [0.15, 0.2) is 0 Å². The normalized spacial score (nSPS) is 19.7. The highest BCUT2D eigenvalue weighted by Crippen LogP contribution is 2.20. The van der Waals surface area contributed by atoms with Gasteiger partial charge in [0.05, 0.1) is 7.11 Å². The lowest BCUT2D eigenvalue weighted by atomic mass is 10.0. The van der Waals surface area contributed by atoms with Crippen LogP contribution in [0.5, 0.6) is 5.75 Å². The summed E-state index contributed by atoms with van der Waals surface area (Å²) in [5.74, 6) is 0.935. The van der Waals surface area contributed by atoms with Crippen LogP contribution in [0.4, 0.5) is 0 Å². The van der Waals surface area contributed by atoms with Crippen LogP contribution < -0.4 is 10.1 Å². The molecule has 0 radical (unpaired) electrons. The zero-order valence-corrected chi connectivity index (χ0v) is 11.6. The van der Waals surface area contributed by atoms with Gasteiger partial charge in [-0.1, -0.05) is 12.1 Å². The quantitative estimate of drug-likeness (QED) is 0.885. The van der Waals surface area contributed by atoms with E-state index in [1.807, 2.05) is 6.07 Å². The second kappa shape index (κ2) is 6.21. The number of methoxy groups -OCH3 is 1. The lowest BCUT2D eigenvalue weighted by Gasteiger charge is -2.31. The SMILES string of the molecule is COc1cccc(C(C)NC2CCN(C)CC2)c1. The standard InChI is InChI=1S/C15H24N2O/c1-12(13-5-4-6-15(11-13)18-3)16-14-7-9-17(2)10-8-14/h4-6,11-12,14,16H,7-10H2,1-3H3. The van der Waals surface area contributed by atoms with Crippen LogP contribution in [0.25, 0.3) is 0 Å². The van der Waals surface area contributed by atoms with Crippen LogP contribution in [0.15, 0.2) is 24.3 Å². The molecule has 1 aromatic rings. The fourth-order valence-electron chi connectivity index (χ4n) is 2.54. The molecule has 18 heavy (non-hydrogen) atoms. The molecule has 0 saturated carbocycles. The van der Waals surface area contributed by atoms with E-state index >= 15 is 0 Å². The molecule has 0 aliphatic carbocycles. The predicted molar refractivity (Wildman–Crippen MR) is 75.1 cm³/mol. The molecule has 1 unspecified atom stereocenters. The van der Waals surface area contributed by atoms with Gasteiger partial charge in [-0.15, -0.1) is 0 Å². The van der Waals surface area contributed by atoms with Crippen molar-refractivity contribution in [2.24, 2.45) is 0 Å². The van der Waals surface area contributed by atoms with Crippen LogP contribution in [0, 0.1) is 0 Å². The molecule has 1 atom stereocenters. The molecule has 0 spiro atoms. The molecule has 1 aliphatic rings. The van der Waals surface area contributed by atoms with Gasteiger partial charge in [-0.25, -0.2) is 0 Å². The number of nitrogens with one attached hydrogen (secondary N) is 1. The molecule has 1 fully saturated rings. The molecule has 3 nitrogen and oxygen atoms in total. The number of hydrogen-bond acceptors (Lipinski definition) is 3. The van der Waals surface area contributed by atoms with Crippen LogP contribution in [0.1, 0.15) is 31.4 Å². The molecule has 1 heterocycles. The highest BCUT2D eigenvalue weighted by atomic mass is 16.5. The van der Waals surface area contributed by atoms with E-state index in [0.29, 0.717) is 12.1 Å². The second-order valence-corrected chi connectivity index (χ2v) is 5.24. The predicted octanol–water partition coefficient (Wildman–Crippen LogP) is 2.44. The Labute approximate surface area is 110 Å². The molecule has 100 valence electrons. The first-order chi connectivity index (χ1) is 8.69. The van der Waals surface area contributed by atoms with E-state index in [1.54, 1.807) is 7.11 Å². The van der Waals surface area contributed by atoms with E-state index < -0.39 is 0 Å². The fraction of sp³-hybridized carbons (Fsp3) is 0.600. The summed E-state index contributed by atoms with van der Waals surface area (Å²) in [5.41, 5.74) is 1.30. The molecule has 1 aliphatic heterocycles. The third kappa shape index (κ3) is 3.47. The van der Waals surface area contributed by atoms with Gasteiger partial charge in [0.2, 0.25) is 0 Å². The Hall–Kier alpha value is -1.06. The molecule has 1 saturated heterocycles. The van der Waals surface area contributed by atoms with Gasteiger partial charge in [0.25, 0.3) is 0 Å². The summed E-state index contributed by atoms with van der Waals surface area (Å²) in [6.45, 7) is 4.62. The molecule has 1 N–H and O–H groups in total. The monoisotopic (exact) mass is 248 g/mol. The molecule has 3 heteroatoms. The van der Waals surface area contributed by atoms with E-state index in [9.17, 15) is 0 Å².